The first-order valence-electron chi connectivity index (χ1n) is 6.05. The highest BCUT2D eigenvalue weighted by Crippen LogP contribution is 2.24. The molecule has 0 bridgehead atoms. The van der Waals surface area contributed by atoms with Crippen LogP contribution in [0.1, 0.15) is 50.8 Å². The molecule has 0 amide bonds. The second kappa shape index (κ2) is 4.79. The Morgan fingerprint density at radius 3 is 3.00 bits per heavy atom. The summed E-state index contributed by atoms with van der Waals surface area (Å²) < 4.78 is 2.36. The van der Waals surface area contributed by atoms with Crippen molar-refractivity contribution in [1.29, 1.82) is 0 Å². The average Bonchev–Trinajstić information content (AvgIpc) is 2.60. The van der Waals surface area contributed by atoms with Crippen molar-refractivity contribution in [2.24, 2.45) is 0 Å². The molecule has 2 rings (SSSR count). The van der Waals surface area contributed by atoms with Gasteiger partial charge in [0.1, 0.15) is 0 Å². The van der Waals surface area contributed by atoms with E-state index in [9.17, 15) is 0 Å². The summed E-state index contributed by atoms with van der Waals surface area (Å²) in [4.78, 5) is 4.29. The summed E-state index contributed by atoms with van der Waals surface area (Å²) in [5.41, 5.74) is 1.41. The molecule has 1 N–H and O–H groups in total. The number of nitrogens with zero attached hydrogens (tertiary/aromatic N) is 2. The third-order valence-corrected chi connectivity index (χ3v) is 3.35. The molecule has 1 aliphatic heterocycles. The van der Waals surface area contributed by atoms with Crippen molar-refractivity contribution in [2.45, 2.75) is 45.1 Å². The maximum atomic E-state index is 4.29. The molecule has 3 nitrogen and oxygen atoms in total. The molecule has 0 spiro atoms. The first-order valence-corrected chi connectivity index (χ1v) is 6.05. The zero-order valence-electron chi connectivity index (χ0n) is 9.74. The molecule has 1 atom stereocenters. The summed E-state index contributed by atoms with van der Waals surface area (Å²) >= 11 is 0. The third kappa shape index (κ3) is 2.23. The Hall–Kier alpha value is -0.830. The minimum Gasteiger partial charge on any atom is -0.331 e. The summed E-state index contributed by atoms with van der Waals surface area (Å²) in [5.74, 6) is 0.691. The van der Waals surface area contributed by atoms with E-state index in [4.69, 9.17) is 0 Å². The molecule has 1 aliphatic rings. The molecule has 1 fully saturated rings. The van der Waals surface area contributed by atoms with Crippen molar-refractivity contribution in [3.05, 3.63) is 18.2 Å². The molecule has 0 saturated carbocycles. The van der Waals surface area contributed by atoms with Gasteiger partial charge in [-0.15, -0.1) is 0 Å². The standard InChI is InChI=1S/C12H21N3/c1-3-4-5-10(2)15-9-14-8-12(15)11-6-13-7-11/h8-11,13H,3-7H2,1-2H3. The lowest BCUT2D eigenvalue weighted by atomic mass is 9.99. The van der Waals surface area contributed by atoms with Gasteiger partial charge in [-0.25, -0.2) is 4.98 Å². The zero-order chi connectivity index (χ0) is 10.7. The SMILES string of the molecule is CCCCC(C)n1cncc1C1CNC1. The van der Waals surface area contributed by atoms with Gasteiger partial charge in [0.25, 0.3) is 0 Å². The van der Waals surface area contributed by atoms with Gasteiger partial charge in [-0.05, 0) is 13.3 Å². The van der Waals surface area contributed by atoms with E-state index in [0.29, 0.717) is 12.0 Å². The van der Waals surface area contributed by atoms with Crippen molar-refractivity contribution in [3.8, 4) is 0 Å². The van der Waals surface area contributed by atoms with Gasteiger partial charge in [-0.2, -0.15) is 0 Å². The number of hydrogen-bond donors (Lipinski definition) is 1. The first-order chi connectivity index (χ1) is 7.33. The molecule has 2 heterocycles. The molecule has 0 aromatic carbocycles. The Bertz CT molecular complexity index is 302. The molecule has 15 heavy (non-hydrogen) atoms. The predicted molar refractivity (Wildman–Crippen MR) is 62.1 cm³/mol. The van der Waals surface area contributed by atoms with Gasteiger partial charge in [-0.3, -0.25) is 0 Å². The minimum absolute atomic E-state index is 0.600. The largest absolute Gasteiger partial charge is 0.331 e. The summed E-state index contributed by atoms with van der Waals surface area (Å²) in [5, 5.41) is 3.32. The number of unbranched alkanes of at least 4 members (excludes halogenated alkanes) is 1. The summed E-state index contributed by atoms with van der Waals surface area (Å²) in [6.07, 6.45) is 7.88. The molecule has 3 heteroatoms. The van der Waals surface area contributed by atoms with Crippen molar-refractivity contribution in [3.63, 3.8) is 0 Å². The van der Waals surface area contributed by atoms with Crippen LogP contribution < -0.4 is 5.32 Å². The van der Waals surface area contributed by atoms with Gasteiger partial charge in [0, 0.05) is 36.9 Å². The monoisotopic (exact) mass is 207 g/mol. The minimum atomic E-state index is 0.600. The van der Waals surface area contributed by atoms with Crippen molar-refractivity contribution < 1.29 is 0 Å². The number of imidazole rings is 1. The van der Waals surface area contributed by atoms with E-state index < -0.39 is 0 Å². The fourth-order valence-electron chi connectivity index (χ4n) is 2.14. The molecule has 0 aliphatic carbocycles. The lowest BCUT2D eigenvalue weighted by molar-refractivity contribution is 0.396. The van der Waals surface area contributed by atoms with E-state index in [-0.39, 0.29) is 0 Å². The molecule has 1 aromatic heterocycles. The van der Waals surface area contributed by atoms with Crippen molar-refractivity contribution >= 4 is 0 Å². The molecule has 1 aromatic rings. The van der Waals surface area contributed by atoms with E-state index in [1.165, 1.54) is 25.0 Å². The van der Waals surface area contributed by atoms with Crippen LogP contribution in [0.15, 0.2) is 12.5 Å². The summed E-state index contributed by atoms with van der Waals surface area (Å²) in [7, 11) is 0. The fourth-order valence-corrected chi connectivity index (χ4v) is 2.14. The predicted octanol–water partition coefficient (Wildman–Crippen LogP) is 2.32. The van der Waals surface area contributed by atoms with Crippen LogP contribution in [0, 0.1) is 0 Å². The summed E-state index contributed by atoms with van der Waals surface area (Å²) in [6.45, 7) is 6.78. The summed E-state index contributed by atoms with van der Waals surface area (Å²) in [6, 6.07) is 0.600. The maximum Gasteiger partial charge on any atom is 0.0950 e. The lowest BCUT2D eigenvalue weighted by Gasteiger charge is -2.29. The van der Waals surface area contributed by atoms with E-state index in [2.05, 4.69) is 28.7 Å². The van der Waals surface area contributed by atoms with Gasteiger partial charge in [-0.1, -0.05) is 19.8 Å². The second-order valence-electron chi connectivity index (χ2n) is 4.57. The van der Waals surface area contributed by atoms with Crippen molar-refractivity contribution in [2.75, 3.05) is 13.1 Å². The molecule has 1 unspecified atom stereocenters. The van der Waals surface area contributed by atoms with Crippen LogP contribution in [-0.2, 0) is 0 Å². The Morgan fingerprint density at radius 2 is 2.40 bits per heavy atom. The van der Waals surface area contributed by atoms with Gasteiger partial charge in [0.15, 0.2) is 0 Å². The van der Waals surface area contributed by atoms with Crippen LogP contribution in [0.2, 0.25) is 0 Å². The van der Waals surface area contributed by atoms with Crippen LogP contribution in [0.5, 0.6) is 0 Å². The second-order valence-corrected chi connectivity index (χ2v) is 4.57. The fraction of sp³-hybridized carbons (Fsp3) is 0.750. The highest BCUT2D eigenvalue weighted by Gasteiger charge is 2.23. The van der Waals surface area contributed by atoms with Crippen LogP contribution in [-0.4, -0.2) is 22.6 Å². The average molecular weight is 207 g/mol. The third-order valence-electron chi connectivity index (χ3n) is 3.35. The first kappa shape index (κ1) is 10.7. The topological polar surface area (TPSA) is 29.9 Å². The molecular formula is C12H21N3. The number of rotatable bonds is 5. The van der Waals surface area contributed by atoms with E-state index in [1.807, 2.05) is 12.5 Å². The van der Waals surface area contributed by atoms with Gasteiger partial charge in [0.2, 0.25) is 0 Å². The Kier molecular flexibility index (Phi) is 3.41. The van der Waals surface area contributed by atoms with Crippen LogP contribution in [0.4, 0.5) is 0 Å². The number of hydrogen-bond acceptors (Lipinski definition) is 2. The molecule has 0 radical (unpaired) electrons. The highest BCUT2D eigenvalue weighted by molar-refractivity contribution is 5.12. The normalized spacial score (nSPS) is 18.8. The van der Waals surface area contributed by atoms with Crippen molar-refractivity contribution in [1.82, 2.24) is 14.9 Å². The highest BCUT2D eigenvalue weighted by atomic mass is 15.1. The van der Waals surface area contributed by atoms with E-state index >= 15 is 0 Å². The number of aromatic nitrogens is 2. The van der Waals surface area contributed by atoms with E-state index in [1.54, 1.807) is 0 Å². The van der Waals surface area contributed by atoms with Gasteiger partial charge in [0.05, 0.1) is 6.33 Å². The Labute approximate surface area is 91.9 Å². The quantitative estimate of drug-likeness (QED) is 0.803. The van der Waals surface area contributed by atoms with Crippen LogP contribution in [0.3, 0.4) is 0 Å². The van der Waals surface area contributed by atoms with E-state index in [0.717, 1.165) is 13.1 Å². The lowest BCUT2D eigenvalue weighted by Crippen LogP contribution is -2.41. The van der Waals surface area contributed by atoms with Crippen LogP contribution >= 0.6 is 0 Å². The molecule has 1 saturated heterocycles. The number of nitrogens with one attached hydrogen (secondary N) is 1. The Morgan fingerprint density at radius 1 is 1.60 bits per heavy atom. The van der Waals surface area contributed by atoms with Crippen LogP contribution in [0.25, 0.3) is 0 Å². The molecular weight excluding hydrogens is 186 g/mol. The maximum absolute atomic E-state index is 4.29. The zero-order valence-corrected chi connectivity index (χ0v) is 9.74. The molecule has 84 valence electrons. The van der Waals surface area contributed by atoms with Gasteiger partial charge >= 0.3 is 0 Å². The Balaban J connectivity index is 2.02. The van der Waals surface area contributed by atoms with Gasteiger partial charge < -0.3 is 9.88 Å². The smallest absolute Gasteiger partial charge is 0.0950 e.